The molecule has 0 unspecified atom stereocenters. The fourth-order valence-corrected chi connectivity index (χ4v) is 0.705. The van der Waals surface area contributed by atoms with Gasteiger partial charge in [-0.2, -0.15) is 4.73 Å². The minimum absolute atomic E-state index is 0.258. The zero-order valence-corrected chi connectivity index (χ0v) is 7.04. The second-order valence-corrected chi connectivity index (χ2v) is 2.75. The average molecular weight is 189 g/mol. The van der Waals surface area contributed by atoms with Gasteiger partial charge >= 0.3 is 0 Å². The van der Waals surface area contributed by atoms with Crippen LogP contribution in [0.4, 0.5) is 8.78 Å². The number of alkyl halides is 2. The molecular formula is C8H9F2NO2. The summed E-state index contributed by atoms with van der Waals surface area (Å²) in [5.41, 5.74) is 0. The molecule has 0 aliphatic carbocycles. The molecule has 0 bridgehead atoms. The van der Waals surface area contributed by atoms with Crippen molar-refractivity contribution in [2.24, 2.45) is 0 Å². The Bertz CT molecular complexity index is 268. The summed E-state index contributed by atoms with van der Waals surface area (Å²) >= 11 is 0. The summed E-state index contributed by atoms with van der Waals surface area (Å²) in [5.74, 6) is -2.60. The molecule has 1 aromatic heterocycles. The van der Waals surface area contributed by atoms with E-state index in [0.717, 1.165) is 6.92 Å². The van der Waals surface area contributed by atoms with Crippen molar-refractivity contribution >= 4 is 0 Å². The molecular weight excluding hydrogens is 180 g/mol. The van der Waals surface area contributed by atoms with E-state index in [2.05, 4.69) is 0 Å². The van der Waals surface area contributed by atoms with E-state index in [1.165, 1.54) is 24.5 Å². The van der Waals surface area contributed by atoms with Crippen molar-refractivity contribution in [2.45, 2.75) is 12.8 Å². The molecule has 0 aliphatic rings. The summed E-state index contributed by atoms with van der Waals surface area (Å²) in [6.07, 6.45) is 2.37. The van der Waals surface area contributed by atoms with Gasteiger partial charge in [0.25, 0.3) is 5.92 Å². The molecule has 13 heavy (non-hydrogen) atoms. The molecule has 0 spiro atoms. The topological polar surface area (TPSA) is 36.2 Å². The zero-order valence-electron chi connectivity index (χ0n) is 7.04. The molecule has 0 aromatic carbocycles. The smallest absolute Gasteiger partial charge is 0.278 e. The van der Waals surface area contributed by atoms with E-state index in [1.54, 1.807) is 0 Å². The van der Waals surface area contributed by atoms with Gasteiger partial charge in [-0.1, -0.05) is 0 Å². The van der Waals surface area contributed by atoms with Gasteiger partial charge < -0.3 is 9.94 Å². The van der Waals surface area contributed by atoms with Crippen LogP contribution in [0.2, 0.25) is 0 Å². The molecule has 0 aliphatic heterocycles. The van der Waals surface area contributed by atoms with Gasteiger partial charge in [-0.25, -0.2) is 8.78 Å². The largest absolute Gasteiger partial charge is 0.619 e. The first-order chi connectivity index (χ1) is 5.97. The van der Waals surface area contributed by atoms with Crippen molar-refractivity contribution in [2.75, 3.05) is 6.61 Å². The summed E-state index contributed by atoms with van der Waals surface area (Å²) in [4.78, 5) is 0. The number of halogens is 2. The summed E-state index contributed by atoms with van der Waals surface area (Å²) in [7, 11) is 0. The van der Waals surface area contributed by atoms with Crippen molar-refractivity contribution in [1.29, 1.82) is 0 Å². The SMILES string of the molecule is CC(F)(F)COc1cc[n+]([O-])cc1. The first-order valence-electron chi connectivity index (χ1n) is 3.67. The Morgan fingerprint density at radius 1 is 1.46 bits per heavy atom. The van der Waals surface area contributed by atoms with Crippen LogP contribution in [0.15, 0.2) is 24.5 Å². The van der Waals surface area contributed by atoms with Crippen molar-refractivity contribution in [1.82, 2.24) is 0 Å². The van der Waals surface area contributed by atoms with Crippen molar-refractivity contribution < 1.29 is 18.2 Å². The molecule has 0 saturated heterocycles. The van der Waals surface area contributed by atoms with Gasteiger partial charge in [-0.15, -0.1) is 0 Å². The summed E-state index contributed by atoms with van der Waals surface area (Å²) in [5, 5.41) is 10.5. The molecule has 0 radical (unpaired) electrons. The van der Waals surface area contributed by atoms with Crippen LogP contribution in [0.1, 0.15) is 6.92 Å². The van der Waals surface area contributed by atoms with Crippen molar-refractivity contribution in [3.05, 3.63) is 29.7 Å². The van der Waals surface area contributed by atoms with Crippen LogP contribution < -0.4 is 9.47 Å². The van der Waals surface area contributed by atoms with Crippen LogP contribution in [-0.2, 0) is 0 Å². The van der Waals surface area contributed by atoms with Crippen molar-refractivity contribution in [3.63, 3.8) is 0 Å². The third-order valence-corrected chi connectivity index (χ3v) is 1.26. The third kappa shape index (κ3) is 3.68. The van der Waals surface area contributed by atoms with Gasteiger partial charge in [0.1, 0.15) is 5.75 Å². The number of nitrogens with zero attached hydrogens (tertiary/aromatic N) is 1. The molecule has 0 fully saturated rings. The number of rotatable bonds is 3. The van der Waals surface area contributed by atoms with Crippen molar-refractivity contribution in [3.8, 4) is 5.75 Å². The summed E-state index contributed by atoms with van der Waals surface area (Å²) in [6.45, 7) is 0.0829. The van der Waals surface area contributed by atoms with E-state index in [4.69, 9.17) is 4.74 Å². The van der Waals surface area contributed by atoms with Crippen LogP contribution in [0.3, 0.4) is 0 Å². The normalized spacial score (nSPS) is 11.3. The molecule has 1 rings (SSSR count). The molecule has 1 heterocycles. The lowest BCUT2D eigenvalue weighted by atomic mass is 10.4. The highest BCUT2D eigenvalue weighted by molar-refractivity contribution is 5.14. The maximum atomic E-state index is 12.3. The first-order valence-corrected chi connectivity index (χ1v) is 3.67. The molecule has 72 valence electrons. The Morgan fingerprint density at radius 2 is 2.00 bits per heavy atom. The second-order valence-electron chi connectivity index (χ2n) is 2.75. The average Bonchev–Trinajstić information content (AvgIpc) is 2.02. The van der Waals surface area contributed by atoms with E-state index in [1.807, 2.05) is 0 Å². The van der Waals surface area contributed by atoms with E-state index in [0.29, 0.717) is 4.73 Å². The highest BCUT2D eigenvalue weighted by Crippen LogP contribution is 2.14. The minimum Gasteiger partial charge on any atom is -0.619 e. The molecule has 3 nitrogen and oxygen atoms in total. The lowest BCUT2D eigenvalue weighted by Crippen LogP contribution is -2.24. The van der Waals surface area contributed by atoms with Gasteiger partial charge in [-0.05, 0) is 0 Å². The monoisotopic (exact) mass is 189 g/mol. The quantitative estimate of drug-likeness (QED) is 0.531. The molecule has 0 N–H and O–H groups in total. The first kappa shape index (κ1) is 9.70. The molecule has 1 aromatic rings. The maximum Gasteiger partial charge on any atom is 0.278 e. The fraction of sp³-hybridized carbons (Fsp3) is 0.375. The number of hydrogen-bond acceptors (Lipinski definition) is 2. The van der Waals surface area contributed by atoms with Gasteiger partial charge in [0, 0.05) is 19.1 Å². The summed E-state index contributed by atoms with van der Waals surface area (Å²) < 4.78 is 29.9. The van der Waals surface area contributed by atoms with Crippen LogP contribution >= 0.6 is 0 Å². The van der Waals surface area contributed by atoms with Gasteiger partial charge in [0.2, 0.25) is 0 Å². The Kier molecular flexibility index (Phi) is 2.65. The van der Waals surface area contributed by atoms with Crippen LogP contribution in [0, 0.1) is 5.21 Å². The van der Waals surface area contributed by atoms with Gasteiger partial charge in [-0.3, -0.25) is 0 Å². The van der Waals surface area contributed by atoms with Gasteiger partial charge in [0.15, 0.2) is 19.0 Å². The lowest BCUT2D eigenvalue weighted by molar-refractivity contribution is -0.605. The number of hydrogen-bond donors (Lipinski definition) is 0. The molecule has 0 amide bonds. The Labute approximate surface area is 74.1 Å². The van der Waals surface area contributed by atoms with Crippen LogP contribution in [-0.4, -0.2) is 12.5 Å². The standard InChI is InChI=1S/C8H9F2NO2/c1-8(9,10)6-13-7-2-4-11(12)5-3-7/h2-5H,6H2,1H3. The Balaban J connectivity index is 2.51. The highest BCUT2D eigenvalue weighted by Gasteiger charge is 2.21. The minimum atomic E-state index is -2.86. The van der Waals surface area contributed by atoms with E-state index in [9.17, 15) is 14.0 Å². The fourth-order valence-electron chi connectivity index (χ4n) is 0.705. The van der Waals surface area contributed by atoms with E-state index < -0.39 is 12.5 Å². The van der Waals surface area contributed by atoms with E-state index in [-0.39, 0.29) is 5.75 Å². The lowest BCUT2D eigenvalue weighted by Gasteiger charge is -2.11. The molecule has 0 atom stereocenters. The number of aromatic nitrogens is 1. The highest BCUT2D eigenvalue weighted by atomic mass is 19.3. The predicted octanol–water partition coefficient (Wildman–Crippen LogP) is 1.35. The van der Waals surface area contributed by atoms with Crippen LogP contribution in [0.25, 0.3) is 0 Å². The second kappa shape index (κ2) is 3.55. The maximum absolute atomic E-state index is 12.3. The Hall–Kier alpha value is -1.39. The number of pyridine rings is 1. The Morgan fingerprint density at radius 3 is 2.46 bits per heavy atom. The summed E-state index contributed by atoms with van der Waals surface area (Å²) in [6, 6.07) is 2.66. The third-order valence-electron chi connectivity index (χ3n) is 1.26. The van der Waals surface area contributed by atoms with Gasteiger partial charge in [0.05, 0.1) is 0 Å². The number of ether oxygens (including phenoxy) is 1. The molecule has 0 saturated carbocycles. The van der Waals surface area contributed by atoms with Crippen LogP contribution in [0.5, 0.6) is 5.75 Å². The predicted molar refractivity (Wildman–Crippen MR) is 41.5 cm³/mol. The van der Waals surface area contributed by atoms with E-state index >= 15 is 0 Å². The molecule has 5 heteroatoms. The zero-order chi connectivity index (χ0) is 9.90.